The third kappa shape index (κ3) is 0.252. The van der Waals surface area contributed by atoms with Crippen molar-refractivity contribution in [2.45, 2.75) is 135 Å². The van der Waals surface area contributed by atoms with Gasteiger partial charge in [-0.3, -0.25) is 0 Å². The van der Waals surface area contributed by atoms with Crippen LogP contribution >= 0.6 is 17.2 Å². The summed E-state index contributed by atoms with van der Waals surface area (Å²) < 4.78 is 2.30. The molecule has 10 saturated heterocycles. The molecule has 0 radical (unpaired) electrons. The van der Waals surface area contributed by atoms with Crippen LogP contribution in [0.5, 0.6) is 0 Å². The molecule has 3 heteroatoms. The molecule has 0 nitrogen and oxygen atoms in total. The quantitative estimate of drug-likeness (QED) is 0.305. The molecule has 6 unspecified atom stereocenters. The molecule has 12 fully saturated rings. The van der Waals surface area contributed by atoms with Crippen molar-refractivity contribution in [3.63, 3.8) is 0 Å². The van der Waals surface area contributed by atoms with Gasteiger partial charge in [0.05, 0.1) is 0 Å². The molecule has 0 aromatic heterocycles. The fourth-order valence-corrected chi connectivity index (χ4v) is 120. The van der Waals surface area contributed by atoms with E-state index in [0.717, 1.165) is 9.97 Å². The predicted octanol–water partition coefficient (Wildman–Crippen LogP) is 8.06. The number of hydrogen-bond acceptors (Lipinski definition) is 0. The molecule has 150 valence electrons. The Kier molecular flexibility index (Phi) is 0.889. The van der Waals surface area contributed by atoms with E-state index < -0.39 is 6.51 Å². The van der Waals surface area contributed by atoms with E-state index in [4.69, 9.17) is 0 Å². The van der Waals surface area contributed by atoms with Crippen LogP contribution in [0.2, 0.25) is 42.8 Å². The summed E-state index contributed by atoms with van der Waals surface area (Å²) in [5.74, 6) is 0. The second-order valence-corrected chi connectivity index (χ2v) is 43.2. The summed E-state index contributed by atoms with van der Waals surface area (Å²) in [5.41, 5.74) is 3.56. The standard InChI is InChI=1S/C19H31P2.C5H5.Fe/c1-15(20)18-13-8-14-19(18)21(16-9-4-2-5-10-16)17-11-6-3-7-12-17;1-2-4-5-3-1;/h8,13-17H,2-7,9-12,20H2,1H3;1-5H;. The summed E-state index contributed by atoms with van der Waals surface area (Å²) in [6, 6.07) is 0. The average molecular weight is 442 g/mol. The Labute approximate surface area is 158 Å². The Morgan fingerprint density at radius 1 is 0.741 bits per heavy atom. The second-order valence-electron chi connectivity index (χ2n) is 15.5. The van der Waals surface area contributed by atoms with Gasteiger partial charge in [-0.1, -0.05) is 0 Å². The molecule has 10 aliphatic heterocycles. The predicted molar refractivity (Wildman–Crippen MR) is 115 cm³/mol. The van der Waals surface area contributed by atoms with E-state index in [9.17, 15) is 0 Å². The first-order valence-electron chi connectivity index (χ1n) is 12.7. The molecule has 0 aromatic carbocycles. The van der Waals surface area contributed by atoms with Crippen molar-refractivity contribution in [2.24, 2.45) is 0 Å². The van der Waals surface area contributed by atoms with Gasteiger partial charge < -0.3 is 0 Å². The summed E-state index contributed by atoms with van der Waals surface area (Å²) in [4.78, 5) is 12.2. The van der Waals surface area contributed by atoms with Crippen molar-refractivity contribution in [1.82, 2.24) is 0 Å². The van der Waals surface area contributed by atoms with Gasteiger partial charge in [-0.25, -0.2) is 0 Å². The molecule has 12 rings (SSSR count). The zero-order valence-corrected chi connectivity index (χ0v) is 20.0. The van der Waals surface area contributed by atoms with E-state index in [1.807, 2.05) is 0 Å². The van der Waals surface area contributed by atoms with Crippen LogP contribution in [-0.4, -0.2) is 21.0 Å². The molecule has 7 atom stereocenters. The molecular weight excluding hydrogens is 406 g/mol. The van der Waals surface area contributed by atoms with E-state index in [-0.39, 0.29) is 0 Å². The van der Waals surface area contributed by atoms with Crippen LogP contribution in [0.3, 0.4) is 0 Å². The van der Waals surface area contributed by atoms with Gasteiger partial charge in [0.25, 0.3) is 0 Å². The summed E-state index contributed by atoms with van der Waals surface area (Å²) in [6.07, 6.45) is 16.4. The SMILES string of the molecule is CC(P)[C@@]12[CH]3[CH]4[CH]5[C]1(P(C1CCCCC1)C1CCCCC1)[Fe]45321678[CH]2[CH]1[CH]6[CH]7[CH]28. The van der Waals surface area contributed by atoms with E-state index in [1.165, 1.54) is 53.9 Å². The molecule has 2 saturated carbocycles. The normalized spacial score (nSPS) is 92.0. The van der Waals surface area contributed by atoms with E-state index >= 15 is 0 Å². The molecule has 0 aromatic rings. The topological polar surface area (TPSA) is 0 Å². The van der Waals surface area contributed by atoms with Crippen LogP contribution in [0, 0.1) is 0 Å². The zero-order valence-electron chi connectivity index (χ0n) is 16.8. The van der Waals surface area contributed by atoms with Gasteiger partial charge >= 0.3 is 159 Å². The first kappa shape index (κ1) is 13.7. The van der Waals surface area contributed by atoms with Crippen LogP contribution in [-0.2, 0) is 6.51 Å². The number of rotatable bonds is 4. The van der Waals surface area contributed by atoms with Gasteiger partial charge in [-0.15, -0.1) is 0 Å². The molecule has 2 aliphatic carbocycles. The molecular formula is C24H36FeP2. The van der Waals surface area contributed by atoms with Gasteiger partial charge in [-0.05, 0) is 0 Å². The monoisotopic (exact) mass is 442 g/mol. The van der Waals surface area contributed by atoms with Crippen molar-refractivity contribution in [1.29, 1.82) is 0 Å². The fraction of sp³-hybridized carbons (Fsp3) is 1.00. The Bertz CT molecular complexity index is 1200. The van der Waals surface area contributed by atoms with E-state index in [0.29, 0.717) is 7.92 Å². The van der Waals surface area contributed by atoms with Gasteiger partial charge in [0, 0.05) is 0 Å². The fourth-order valence-electron chi connectivity index (χ4n) is 22.2. The van der Waals surface area contributed by atoms with Crippen molar-refractivity contribution in [2.75, 3.05) is 0 Å². The molecule has 0 amide bonds. The Morgan fingerprint density at radius 2 is 1.22 bits per heavy atom. The molecule has 0 N–H and O–H groups in total. The van der Waals surface area contributed by atoms with Crippen LogP contribution < -0.4 is 0 Å². The van der Waals surface area contributed by atoms with Gasteiger partial charge in [0.1, 0.15) is 0 Å². The maximum absolute atomic E-state index is 3.52. The molecule has 1 spiro atoms. The minimum absolute atomic E-state index is 0.391. The van der Waals surface area contributed by atoms with Crippen LogP contribution in [0.15, 0.2) is 0 Å². The van der Waals surface area contributed by atoms with E-state index in [2.05, 4.69) is 16.2 Å². The molecule has 12 aliphatic rings. The molecule has 0 bridgehead atoms. The maximum atomic E-state index is 3.52. The van der Waals surface area contributed by atoms with E-state index in [1.54, 1.807) is 64.2 Å². The Balaban J connectivity index is 1.20. The number of hydrogen-bond donors (Lipinski definition) is 0. The van der Waals surface area contributed by atoms with Crippen LogP contribution in [0.25, 0.3) is 0 Å². The third-order valence-electron chi connectivity index (χ3n) is 19.9. The van der Waals surface area contributed by atoms with Crippen molar-refractivity contribution in [3.8, 4) is 0 Å². The number of fused-ring (bicyclic) bond motifs is 10. The average Bonchev–Trinajstić information content (AvgIpc) is 3.64. The second kappa shape index (κ2) is 1.75. The third-order valence-corrected chi connectivity index (χ3v) is 72.1. The van der Waals surface area contributed by atoms with Crippen LogP contribution in [0.4, 0.5) is 0 Å². The van der Waals surface area contributed by atoms with Crippen LogP contribution in [0.1, 0.15) is 71.1 Å². The molecule has 10 heterocycles. The Morgan fingerprint density at radius 3 is 1.56 bits per heavy atom. The summed E-state index contributed by atoms with van der Waals surface area (Å²) >= 11 is 0. The van der Waals surface area contributed by atoms with Gasteiger partial charge in [0.2, 0.25) is 0 Å². The molecule has 27 heavy (non-hydrogen) atoms. The van der Waals surface area contributed by atoms with Crippen molar-refractivity contribution < 1.29 is 6.51 Å². The first-order chi connectivity index (χ1) is 13.0. The minimum atomic E-state index is -3.18. The van der Waals surface area contributed by atoms with Crippen molar-refractivity contribution >= 4 is 17.2 Å². The van der Waals surface area contributed by atoms with Gasteiger partial charge in [0.15, 0.2) is 0 Å². The van der Waals surface area contributed by atoms with Crippen molar-refractivity contribution in [3.05, 3.63) is 0 Å². The first-order valence-corrected chi connectivity index (χ1v) is 21.1. The summed E-state index contributed by atoms with van der Waals surface area (Å²) in [5, 5.41) is 0. The Hall–Kier alpha value is 1.38. The van der Waals surface area contributed by atoms with Gasteiger partial charge in [-0.2, -0.15) is 0 Å². The summed E-state index contributed by atoms with van der Waals surface area (Å²) in [7, 11) is 3.92. The summed E-state index contributed by atoms with van der Waals surface area (Å²) in [6.45, 7) is -0.426. The zero-order chi connectivity index (χ0) is 17.3.